The zero-order valence-electron chi connectivity index (χ0n) is 10.7. The fourth-order valence-corrected chi connectivity index (χ4v) is 0.989. The van der Waals surface area contributed by atoms with Crippen molar-refractivity contribution < 1.29 is 4.74 Å². The zero-order chi connectivity index (χ0) is 12.6. The van der Waals surface area contributed by atoms with Crippen molar-refractivity contribution in [1.82, 2.24) is 4.90 Å². The minimum atomic E-state index is 0.562. The van der Waals surface area contributed by atoms with Gasteiger partial charge in [0.1, 0.15) is 12.4 Å². The van der Waals surface area contributed by atoms with E-state index in [1.165, 1.54) is 0 Å². The molecule has 0 saturated carbocycles. The molecule has 0 radical (unpaired) electrons. The van der Waals surface area contributed by atoms with Crippen LogP contribution in [0.15, 0.2) is 18.2 Å². The average molecular weight is 225 g/mol. The minimum Gasteiger partial charge on any atom is -0.492 e. The first-order valence-corrected chi connectivity index (χ1v) is 5.52. The summed E-state index contributed by atoms with van der Waals surface area (Å²) in [5.74, 6) is 0.763. The SMILES string of the molecule is CC.CN(C)CCOc1ccc(N)c(N)c1. The van der Waals surface area contributed by atoms with Crippen LogP contribution in [0.1, 0.15) is 13.8 Å². The Hall–Kier alpha value is -1.42. The molecular weight excluding hydrogens is 202 g/mol. The Morgan fingerprint density at radius 3 is 2.25 bits per heavy atom. The van der Waals surface area contributed by atoms with E-state index in [4.69, 9.17) is 16.2 Å². The van der Waals surface area contributed by atoms with E-state index in [0.717, 1.165) is 12.3 Å². The quantitative estimate of drug-likeness (QED) is 0.767. The maximum atomic E-state index is 5.64. The molecule has 92 valence electrons. The van der Waals surface area contributed by atoms with E-state index in [-0.39, 0.29) is 0 Å². The Morgan fingerprint density at radius 1 is 1.12 bits per heavy atom. The fourth-order valence-electron chi connectivity index (χ4n) is 0.989. The molecule has 0 saturated heterocycles. The van der Waals surface area contributed by atoms with E-state index < -0.39 is 0 Å². The molecule has 0 aliphatic carbocycles. The summed E-state index contributed by atoms with van der Waals surface area (Å²) in [4.78, 5) is 2.06. The van der Waals surface area contributed by atoms with Gasteiger partial charge in [0.2, 0.25) is 0 Å². The molecule has 1 aromatic carbocycles. The maximum Gasteiger partial charge on any atom is 0.121 e. The molecule has 0 spiro atoms. The molecule has 4 heteroatoms. The van der Waals surface area contributed by atoms with Crippen LogP contribution in [0.5, 0.6) is 5.75 Å². The standard InChI is InChI=1S/C10H17N3O.C2H6/c1-13(2)5-6-14-8-3-4-9(11)10(12)7-8;1-2/h3-4,7H,5-6,11-12H2,1-2H3;1-2H3. The topological polar surface area (TPSA) is 64.5 Å². The largest absolute Gasteiger partial charge is 0.492 e. The van der Waals surface area contributed by atoms with Gasteiger partial charge in [0, 0.05) is 12.6 Å². The monoisotopic (exact) mass is 225 g/mol. The molecule has 4 N–H and O–H groups in total. The van der Waals surface area contributed by atoms with Gasteiger partial charge >= 0.3 is 0 Å². The molecule has 16 heavy (non-hydrogen) atoms. The van der Waals surface area contributed by atoms with Crippen LogP contribution in [0.3, 0.4) is 0 Å². The number of anilines is 2. The lowest BCUT2D eigenvalue weighted by atomic mass is 10.2. The number of likely N-dealkylation sites (N-methyl/N-ethyl adjacent to an activating group) is 1. The van der Waals surface area contributed by atoms with Crippen LogP contribution in [0, 0.1) is 0 Å². The fraction of sp³-hybridized carbons (Fsp3) is 0.500. The van der Waals surface area contributed by atoms with Gasteiger partial charge in [-0.25, -0.2) is 0 Å². The van der Waals surface area contributed by atoms with Crippen molar-refractivity contribution in [1.29, 1.82) is 0 Å². The summed E-state index contributed by atoms with van der Waals surface area (Å²) in [5.41, 5.74) is 12.4. The average Bonchev–Trinajstić information content (AvgIpc) is 2.26. The van der Waals surface area contributed by atoms with Crippen molar-refractivity contribution in [2.24, 2.45) is 0 Å². The smallest absolute Gasteiger partial charge is 0.121 e. The van der Waals surface area contributed by atoms with Gasteiger partial charge in [0.25, 0.3) is 0 Å². The van der Waals surface area contributed by atoms with Gasteiger partial charge < -0.3 is 21.1 Å². The zero-order valence-corrected chi connectivity index (χ0v) is 10.7. The summed E-state index contributed by atoms with van der Waals surface area (Å²) in [7, 11) is 4.00. The molecule has 0 bridgehead atoms. The number of nitrogens with zero attached hydrogens (tertiary/aromatic N) is 1. The number of ether oxygens (including phenoxy) is 1. The van der Waals surface area contributed by atoms with Crippen molar-refractivity contribution in [3.8, 4) is 5.75 Å². The van der Waals surface area contributed by atoms with Crippen molar-refractivity contribution in [3.63, 3.8) is 0 Å². The number of rotatable bonds is 4. The third-order valence-electron chi connectivity index (χ3n) is 1.87. The van der Waals surface area contributed by atoms with Gasteiger partial charge in [-0.1, -0.05) is 13.8 Å². The molecule has 1 rings (SSSR count). The molecule has 0 amide bonds. The van der Waals surface area contributed by atoms with Crippen molar-refractivity contribution in [3.05, 3.63) is 18.2 Å². The normalized spacial score (nSPS) is 9.56. The predicted molar refractivity (Wildman–Crippen MR) is 70.7 cm³/mol. The first kappa shape index (κ1) is 14.6. The third kappa shape index (κ3) is 5.46. The van der Waals surface area contributed by atoms with Gasteiger partial charge in [-0.05, 0) is 26.2 Å². The predicted octanol–water partition coefficient (Wildman–Crippen LogP) is 1.82. The van der Waals surface area contributed by atoms with Crippen LogP contribution in [0.25, 0.3) is 0 Å². The van der Waals surface area contributed by atoms with Crippen molar-refractivity contribution >= 4 is 11.4 Å². The molecule has 0 aliphatic rings. The van der Waals surface area contributed by atoms with Crippen LogP contribution in [-0.4, -0.2) is 32.1 Å². The van der Waals surface area contributed by atoms with Crippen LogP contribution < -0.4 is 16.2 Å². The van der Waals surface area contributed by atoms with Crippen molar-refractivity contribution in [2.45, 2.75) is 13.8 Å². The van der Waals surface area contributed by atoms with Gasteiger partial charge in [-0.15, -0.1) is 0 Å². The minimum absolute atomic E-state index is 0.562. The first-order valence-electron chi connectivity index (χ1n) is 5.52. The van der Waals surface area contributed by atoms with Gasteiger partial charge in [0.15, 0.2) is 0 Å². The highest BCUT2D eigenvalue weighted by Gasteiger charge is 1.98. The molecule has 0 aliphatic heterocycles. The second-order valence-electron chi connectivity index (χ2n) is 3.44. The highest BCUT2D eigenvalue weighted by molar-refractivity contribution is 5.65. The molecule has 0 aromatic heterocycles. The highest BCUT2D eigenvalue weighted by atomic mass is 16.5. The van der Waals surface area contributed by atoms with E-state index in [9.17, 15) is 0 Å². The van der Waals surface area contributed by atoms with Crippen LogP contribution in [0.4, 0.5) is 11.4 Å². The number of nitrogens with two attached hydrogens (primary N) is 2. The summed E-state index contributed by atoms with van der Waals surface area (Å²) in [6.07, 6.45) is 0. The summed E-state index contributed by atoms with van der Waals surface area (Å²) in [5, 5.41) is 0. The second kappa shape index (κ2) is 7.82. The van der Waals surface area contributed by atoms with E-state index >= 15 is 0 Å². The maximum absolute atomic E-state index is 5.64. The molecule has 4 nitrogen and oxygen atoms in total. The van der Waals surface area contributed by atoms with Gasteiger partial charge in [0.05, 0.1) is 11.4 Å². The number of hydrogen-bond donors (Lipinski definition) is 2. The lowest BCUT2D eigenvalue weighted by Gasteiger charge is -2.11. The Kier molecular flexibility index (Phi) is 7.12. The summed E-state index contributed by atoms with van der Waals surface area (Å²) in [6, 6.07) is 5.31. The number of hydrogen-bond acceptors (Lipinski definition) is 4. The lowest BCUT2D eigenvalue weighted by molar-refractivity contribution is 0.261. The van der Waals surface area contributed by atoms with Crippen LogP contribution >= 0.6 is 0 Å². The molecule has 0 heterocycles. The van der Waals surface area contributed by atoms with E-state index in [1.807, 2.05) is 34.0 Å². The Labute approximate surface area is 98.2 Å². The molecule has 0 unspecified atom stereocenters. The number of benzene rings is 1. The Morgan fingerprint density at radius 2 is 1.75 bits per heavy atom. The summed E-state index contributed by atoms with van der Waals surface area (Å²) < 4.78 is 5.48. The first-order chi connectivity index (χ1) is 7.59. The molecule has 1 aromatic rings. The molecule has 0 fully saturated rings. The van der Waals surface area contributed by atoms with Crippen LogP contribution in [-0.2, 0) is 0 Å². The van der Waals surface area contributed by atoms with Gasteiger partial charge in [-0.2, -0.15) is 0 Å². The van der Waals surface area contributed by atoms with Crippen LogP contribution in [0.2, 0.25) is 0 Å². The van der Waals surface area contributed by atoms with Crippen molar-refractivity contribution in [2.75, 3.05) is 38.7 Å². The van der Waals surface area contributed by atoms with E-state index in [1.54, 1.807) is 12.1 Å². The summed E-state index contributed by atoms with van der Waals surface area (Å²) in [6.45, 7) is 5.53. The Bertz CT molecular complexity index is 300. The third-order valence-corrected chi connectivity index (χ3v) is 1.87. The Balaban J connectivity index is 0.00000106. The second-order valence-corrected chi connectivity index (χ2v) is 3.44. The lowest BCUT2D eigenvalue weighted by Crippen LogP contribution is -2.19. The molecule has 0 atom stereocenters. The highest BCUT2D eigenvalue weighted by Crippen LogP contribution is 2.21. The molecular formula is C12H23N3O. The summed E-state index contributed by atoms with van der Waals surface area (Å²) >= 11 is 0. The van der Waals surface area contributed by atoms with E-state index in [2.05, 4.69) is 4.90 Å². The number of nitrogen functional groups attached to an aromatic ring is 2. The van der Waals surface area contributed by atoms with Gasteiger partial charge in [-0.3, -0.25) is 0 Å². The van der Waals surface area contributed by atoms with E-state index in [0.29, 0.717) is 18.0 Å².